The lowest BCUT2D eigenvalue weighted by Crippen LogP contribution is -2.43. The summed E-state index contributed by atoms with van der Waals surface area (Å²) in [6.45, 7) is 3.22. The van der Waals surface area contributed by atoms with Crippen molar-refractivity contribution in [3.8, 4) is 23.0 Å². The van der Waals surface area contributed by atoms with Crippen LogP contribution in [0.4, 0.5) is 42.2 Å². The van der Waals surface area contributed by atoms with E-state index in [9.17, 15) is 22.0 Å². The molecule has 2 aromatic heterocycles. The van der Waals surface area contributed by atoms with Crippen LogP contribution < -0.4 is 26.3 Å². The third-order valence-electron chi connectivity index (χ3n) is 10.2. The highest BCUT2D eigenvalue weighted by atomic mass is 19.4. The first-order valence-corrected chi connectivity index (χ1v) is 17.5. The lowest BCUT2D eigenvalue weighted by Gasteiger charge is -2.31. The second kappa shape index (κ2) is 15.4. The maximum Gasteiger partial charge on any atom is 0.573 e. The average molecular weight is 738 g/mol. The van der Waals surface area contributed by atoms with Crippen molar-refractivity contribution in [3.05, 3.63) is 41.6 Å². The van der Waals surface area contributed by atoms with Crippen LogP contribution in [0.1, 0.15) is 70.4 Å². The van der Waals surface area contributed by atoms with Crippen LogP contribution in [0.2, 0.25) is 0 Å². The van der Waals surface area contributed by atoms with Gasteiger partial charge in [0, 0.05) is 16.6 Å². The molecule has 5 N–H and O–H groups in total. The second-order valence-corrected chi connectivity index (χ2v) is 13.9. The summed E-state index contributed by atoms with van der Waals surface area (Å²) >= 11 is 0. The summed E-state index contributed by atoms with van der Waals surface area (Å²) in [6, 6.07) is 4.39. The quantitative estimate of drug-likeness (QED) is 0.0630. The molecular weight excluding hydrogens is 695 g/mol. The number of alkyl halides is 5. The number of nitrogen functional groups attached to an aromatic ring is 2. The van der Waals surface area contributed by atoms with Crippen LogP contribution in [0.5, 0.6) is 11.8 Å². The van der Waals surface area contributed by atoms with Gasteiger partial charge in [-0.15, -0.1) is 13.2 Å². The topological polar surface area (TPSA) is 124 Å². The Bertz CT molecular complexity index is 1900. The maximum absolute atomic E-state index is 16.9. The summed E-state index contributed by atoms with van der Waals surface area (Å²) in [5.41, 5.74) is 11.8. The fourth-order valence-corrected chi connectivity index (χ4v) is 7.76. The van der Waals surface area contributed by atoms with Gasteiger partial charge in [-0.25, -0.2) is 22.5 Å². The Morgan fingerprint density at radius 1 is 0.981 bits per heavy atom. The number of aromatic nitrogens is 3. The van der Waals surface area contributed by atoms with Crippen molar-refractivity contribution in [2.75, 3.05) is 38.0 Å². The molecule has 2 aliphatic rings. The fourth-order valence-electron chi connectivity index (χ4n) is 7.76. The summed E-state index contributed by atoms with van der Waals surface area (Å²) < 4.78 is 109. The molecule has 0 spiro atoms. The summed E-state index contributed by atoms with van der Waals surface area (Å²) in [6.07, 6.45) is -0.0146. The van der Waals surface area contributed by atoms with E-state index >= 15 is 8.78 Å². The number of hydrogen-bond acceptors (Lipinski definition) is 9. The molecule has 2 aromatic carbocycles. The Labute approximate surface area is 296 Å². The Morgan fingerprint density at radius 2 is 1.71 bits per heavy atom. The molecule has 4 aromatic rings. The minimum atomic E-state index is -5.26. The number of nitrogens with one attached hydrogen (secondary N) is 1. The maximum atomic E-state index is 16.9. The van der Waals surface area contributed by atoms with E-state index in [0.717, 1.165) is 44.8 Å². The van der Waals surface area contributed by atoms with E-state index in [1.165, 1.54) is 18.2 Å². The van der Waals surface area contributed by atoms with Crippen molar-refractivity contribution < 1.29 is 40.2 Å². The largest absolute Gasteiger partial charge is 0.573 e. The van der Waals surface area contributed by atoms with E-state index in [4.69, 9.17) is 16.2 Å². The highest BCUT2D eigenvalue weighted by molar-refractivity contribution is 6.04. The second-order valence-electron chi connectivity index (χ2n) is 13.9. The predicted octanol–water partition coefficient (Wildman–Crippen LogP) is 8.13. The van der Waals surface area contributed by atoms with Gasteiger partial charge in [-0.2, -0.15) is 9.97 Å². The minimum absolute atomic E-state index is 0.0594. The number of aryl methyl sites for hydroxylation is 1. The molecule has 282 valence electrons. The van der Waals surface area contributed by atoms with Crippen molar-refractivity contribution in [1.82, 2.24) is 25.2 Å². The van der Waals surface area contributed by atoms with E-state index in [-0.39, 0.29) is 81.4 Å². The number of benzene rings is 2. The van der Waals surface area contributed by atoms with Crippen LogP contribution in [-0.4, -0.2) is 64.5 Å². The van der Waals surface area contributed by atoms with Crippen molar-refractivity contribution >= 4 is 33.2 Å². The molecule has 0 amide bonds. The van der Waals surface area contributed by atoms with E-state index in [2.05, 4.69) is 29.9 Å². The van der Waals surface area contributed by atoms with Gasteiger partial charge in [-0.3, -0.25) is 10.2 Å². The van der Waals surface area contributed by atoms with Gasteiger partial charge in [0.2, 0.25) is 0 Å². The Hall–Kier alpha value is -4.18. The highest BCUT2D eigenvalue weighted by Gasteiger charge is 2.45. The number of nitrogens with zero attached hydrogens (tertiary/aromatic N) is 4. The van der Waals surface area contributed by atoms with Crippen molar-refractivity contribution in [2.24, 2.45) is 5.92 Å². The van der Waals surface area contributed by atoms with Crippen molar-refractivity contribution in [3.63, 3.8) is 0 Å². The molecule has 6 rings (SSSR count). The first-order valence-electron chi connectivity index (χ1n) is 17.5. The van der Waals surface area contributed by atoms with E-state index in [1.807, 2.05) is 6.92 Å². The smallest absolute Gasteiger partial charge is 0.461 e. The zero-order valence-corrected chi connectivity index (χ0v) is 28.8. The molecule has 2 aliphatic heterocycles. The number of anilines is 2. The van der Waals surface area contributed by atoms with Crippen LogP contribution in [0.25, 0.3) is 32.9 Å². The molecule has 2 fully saturated rings. The molecule has 52 heavy (non-hydrogen) atoms. The predicted molar refractivity (Wildman–Crippen MR) is 184 cm³/mol. The van der Waals surface area contributed by atoms with Crippen LogP contribution >= 0.6 is 0 Å². The lowest BCUT2D eigenvalue weighted by atomic mass is 9.95. The normalized spacial score (nSPS) is 17.2. The number of rotatable bonds is 15. The molecule has 2 saturated heterocycles. The molecule has 4 heterocycles. The SMILES string of the molecule is CC(CCCc1nc(-c2cc(N)cc3ccc(F)c(OC(F)(F)F)c23)c(F)c2nc(OCC34CCCN3CCC4)nc(N)c12)CCCC(F)NCF. The zero-order valence-electron chi connectivity index (χ0n) is 28.8. The van der Waals surface area contributed by atoms with Crippen LogP contribution in [-0.2, 0) is 6.42 Å². The zero-order chi connectivity index (χ0) is 37.2. The lowest BCUT2D eigenvalue weighted by molar-refractivity contribution is -0.275. The molecule has 0 aliphatic carbocycles. The Morgan fingerprint density at radius 3 is 2.42 bits per heavy atom. The first kappa shape index (κ1) is 37.6. The first-order chi connectivity index (χ1) is 24.8. The number of hydrogen-bond donors (Lipinski definition) is 3. The van der Waals surface area contributed by atoms with Gasteiger partial charge in [0.25, 0.3) is 0 Å². The van der Waals surface area contributed by atoms with Gasteiger partial charge in [0.15, 0.2) is 23.7 Å². The fraction of sp³-hybridized carbons (Fsp3) is 0.528. The summed E-state index contributed by atoms with van der Waals surface area (Å²) in [5.74, 6) is -3.46. The summed E-state index contributed by atoms with van der Waals surface area (Å²) in [4.78, 5) is 15.8. The van der Waals surface area contributed by atoms with E-state index in [1.54, 1.807) is 0 Å². The highest BCUT2D eigenvalue weighted by Crippen LogP contribution is 2.43. The molecule has 0 saturated carbocycles. The Balaban J connectivity index is 1.41. The van der Waals surface area contributed by atoms with Gasteiger partial charge >= 0.3 is 12.4 Å². The van der Waals surface area contributed by atoms with Gasteiger partial charge in [0.05, 0.1) is 16.6 Å². The molecule has 2 unspecified atom stereocenters. The van der Waals surface area contributed by atoms with Gasteiger partial charge in [-0.1, -0.05) is 25.8 Å². The average Bonchev–Trinajstić information content (AvgIpc) is 3.66. The van der Waals surface area contributed by atoms with E-state index < -0.39 is 42.5 Å². The third-order valence-corrected chi connectivity index (χ3v) is 10.2. The number of pyridine rings is 1. The monoisotopic (exact) mass is 737 g/mol. The molecule has 0 radical (unpaired) electrons. The van der Waals surface area contributed by atoms with Crippen LogP contribution in [0.3, 0.4) is 0 Å². The van der Waals surface area contributed by atoms with E-state index in [0.29, 0.717) is 25.7 Å². The van der Waals surface area contributed by atoms with Crippen LogP contribution in [0, 0.1) is 17.6 Å². The number of nitrogens with two attached hydrogens (primary N) is 2. The number of ether oxygens (including phenoxy) is 2. The molecule has 2 atom stereocenters. The van der Waals surface area contributed by atoms with Crippen molar-refractivity contribution in [2.45, 2.75) is 89.3 Å². The third kappa shape index (κ3) is 8.07. The summed E-state index contributed by atoms with van der Waals surface area (Å²) in [5, 5.41) is 1.89. The summed E-state index contributed by atoms with van der Waals surface area (Å²) in [7, 11) is 0. The van der Waals surface area contributed by atoms with Crippen LogP contribution in [0.15, 0.2) is 24.3 Å². The molecular formula is C36H42F7N7O2. The van der Waals surface area contributed by atoms with Crippen molar-refractivity contribution in [1.29, 1.82) is 0 Å². The van der Waals surface area contributed by atoms with Gasteiger partial charge in [-0.05, 0) is 94.0 Å². The molecule has 16 heteroatoms. The molecule has 9 nitrogen and oxygen atoms in total. The van der Waals surface area contributed by atoms with Gasteiger partial charge < -0.3 is 20.9 Å². The number of halogens is 7. The minimum Gasteiger partial charge on any atom is -0.461 e. The number of fused-ring (bicyclic) bond motifs is 3. The molecule has 0 bridgehead atoms. The standard InChI is InChI=1S/C36H42F7N7O2/c1-20(7-3-9-26(39)46-19-37)6-2-8-25-28-31(48-34(49-33(28)45)51-18-35-12-4-14-50(35)15-5-13-35)29(40)30(47-25)23-17-22(44)16-21-10-11-24(38)32(27(21)23)52-36(41,42)43/h10-11,16-17,20,26,46H,2-9,12-15,18-19,44H2,1H3,(H2,45,48,49). The Kier molecular flexibility index (Phi) is 11.1. The van der Waals surface area contributed by atoms with Gasteiger partial charge in [0.1, 0.15) is 30.4 Å².